The van der Waals surface area contributed by atoms with E-state index >= 15 is 0 Å². The van der Waals surface area contributed by atoms with Crippen LogP contribution in [0.25, 0.3) is 11.6 Å². The molecule has 0 bridgehead atoms. The van der Waals surface area contributed by atoms with Gasteiger partial charge in [0.05, 0.1) is 5.69 Å². The fourth-order valence-electron chi connectivity index (χ4n) is 2.07. The van der Waals surface area contributed by atoms with Crippen LogP contribution in [-0.2, 0) is 12.8 Å². The zero-order chi connectivity index (χ0) is 14.1. The number of halogens is 1. The molecule has 0 unspecified atom stereocenters. The van der Waals surface area contributed by atoms with Crippen LogP contribution in [0.15, 0.2) is 25.7 Å². The maximum atomic E-state index is 5.39. The highest BCUT2D eigenvalue weighted by molar-refractivity contribution is 9.10. The maximum Gasteiger partial charge on any atom is 0.238 e. The topological polar surface area (TPSA) is 80.7 Å². The number of hydrogen-bond donors (Lipinski definition) is 1. The highest BCUT2D eigenvalue weighted by Gasteiger charge is 2.13. The van der Waals surface area contributed by atoms with Crippen LogP contribution in [0.2, 0.25) is 0 Å². The van der Waals surface area contributed by atoms with Crippen molar-refractivity contribution in [1.29, 1.82) is 0 Å². The van der Waals surface area contributed by atoms with Gasteiger partial charge in [-0.1, -0.05) is 5.16 Å². The van der Waals surface area contributed by atoms with Crippen molar-refractivity contribution >= 4 is 15.9 Å². The first-order valence-electron chi connectivity index (χ1n) is 6.22. The molecule has 0 atom stereocenters. The molecule has 3 heterocycles. The quantitative estimate of drug-likeness (QED) is 0.791. The van der Waals surface area contributed by atoms with Gasteiger partial charge < -0.3 is 8.94 Å². The van der Waals surface area contributed by atoms with Gasteiger partial charge in [-0.15, -0.1) is 0 Å². The van der Waals surface area contributed by atoms with Crippen molar-refractivity contribution in [1.82, 2.24) is 20.3 Å². The Morgan fingerprint density at radius 1 is 1.25 bits per heavy atom. The summed E-state index contributed by atoms with van der Waals surface area (Å²) in [6, 6.07) is 3.59. The van der Waals surface area contributed by atoms with E-state index in [0.29, 0.717) is 28.6 Å². The Bertz CT molecular complexity index is 709. The Labute approximate surface area is 123 Å². The summed E-state index contributed by atoms with van der Waals surface area (Å²) >= 11 is 3.25. The van der Waals surface area contributed by atoms with Gasteiger partial charge in [-0.3, -0.25) is 5.10 Å². The van der Waals surface area contributed by atoms with Gasteiger partial charge in [0.25, 0.3) is 0 Å². The number of H-pyrrole nitrogens is 1. The lowest BCUT2D eigenvalue weighted by atomic mass is 10.1. The van der Waals surface area contributed by atoms with Crippen LogP contribution >= 0.6 is 15.9 Å². The van der Waals surface area contributed by atoms with Crippen molar-refractivity contribution in [3.8, 4) is 11.6 Å². The van der Waals surface area contributed by atoms with E-state index in [1.165, 1.54) is 5.56 Å². The lowest BCUT2D eigenvalue weighted by molar-refractivity contribution is 0.377. The van der Waals surface area contributed by atoms with E-state index < -0.39 is 0 Å². The monoisotopic (exact) mass is 336 g/mol. The SMILES string of the molecule is Cc1n[nH]c(C)c1CCc1nc(-c2ccc(Br)o2)no1. The van der Waals surface area contributed by atoms with Crippen molar-refractivity contribution in [3.05, 3.63) is 39.6 Å². The minimum atomic E-state index is 0.464. The Kier molecular flexibility index (Phi) is 3.43. The van der Waals surface area contributed by atoms with E-state index in [2.05, 4.69) is 36.3 Å². The van der Waals surface area contributed by atoms with Crippen LogP contribution in [-0.4, -0.2) is 20.3 Å². The molecular weight excluding hydrogens is 324 g/mol. The number of aromatic amines is 1. The zero-order valence-corrected chi connectivity index (χ0v) is 12.7. The minimum absolute atomic E-state index is 0.464. The minimum Gasteiger partial charge on any atom is -0.446 e. The van der Waals surface area contributed by atoms with Gasteiger partial charge in [-0.25, -0.2) is 0 Å². The fourth-order valence-corrected chi connectivity index (χ4v) is 2.37. The highest BCUT2D eigenvalue weighted by Crippen LogP contribution is 2.23. The van der Waals surface area contributed by atoms with Gasteiger partial charge >= 0.3 is 0 Å². The number of aromatic nitrogens is 4. The zero-order valence-electron chi connectivity index (χ0n) is 11.1. The average molecular weight is 337 g/mol. The molecule has 0 spiro atoms. The molecule has 0 fully saturated rings. The van der Waals surface area contributed by atoms with E-state index in [9.17, 15) is 0 Å². The molecule has 0 aliphatic carbocycles. The van der Waals surface area contributed by atoms with Gasteiger partial charge in [0, 0.05) is 12.1 Å². The Morgan fingerprint density at radius 3 is 2.75 bits per heavy atom. The number of hydrogen-bond acceptors (Lipinski definition) is 5. The van der Waals surface area contributed by atoms with Gasteiger partial charge in [0.15, 0.2) is 10.4 Å². The van der Waals surface area contributed by atoms with Gasteiger partial charge in [-0.05, 0) is 53.9 Å². The number of nitrogens with one attached hydrogen (secondary N) is 1. The summed E-state index contributed by atoms with van der Waals surface area (Å²) in [5, 5.41) is 11.1. The Morgan fingerprint density at radius 2 is 2.10 bits per heavy atom. The summed E-state index contributed by atoms with van der Waals surface area (Å²) in [5.74, 6) is 1.64. The summed E-state index contributed by atoms with van der Waals surface area (Å²) in [4.78, 5) is 4.33. The van der Waals surface area contributed by atoms with Crippen molar-refractivity contribution in [2.45, 2.75) is 26.7 Å². The van der Waals surface area contributed by atoms with E-state index in [0.717, 1.165) is 17.8 Å². The number of nitrogens with zero attached hydrogens (tertiary/aromatic N) is 3. The van der Waals surface area contributed by atoms with Gasteiger partial charge in [-0.2, -0.15) is 10.1 Å². The smallest absolute Gasteiger partial charge is 0.238 e. The second-order valence-electron chi connectivity index (χ2n) is 4.53. The molecule has 6 nitrogen and oxygen atoms in total. The molecule has 0 radical (unpaired) electrons. The molecule has 0 saturated heterocycles. The molecule has 0 aliphatic heterocycles. The van der Waals surface area contributed by atoms with Crippen LogP contribution in [0.1, 0.15) is 22.8 Å². The van der Waals surface area contributed by atoms with Crippen LogP contribution in [0, 0.1) is 13.8 Å². The summed E-state index contributed by atoms with van der Waals surface area (Å²) in [5.41, 5.74) is 3.29. The first-order valence-corrected chi connectivity index (χ1v) is 7.01. The largest absolute Gasteiger partial charge is 0.446 e. The fraction of sp³-hybridized carbons (Fsp3) is 0.308. The van der Waals surface area contributed by atoms with Crippen LogP contribution < -0.4 is 0 Å². The maximum absolute atomic E-state index is 5.39. The molecular formula is C13H13BrN4O2. The summed E-state index contributed by atoms with van der Waals surface area (Å²) in [6.45, 7) is 3.99. The first-order chi connectivity index (χ1) is 9.63. The van der Waals surface area contributed by atoms with Gasteiger partial charge in [0.1, 0.15) is 0 Å². The molecule has 0 aromatic carbocycles. The molecule has 1 N–H and O–H groups in total. The summed E-state index contributed by atoms with van der Waals surface area (Å²) < 4.78 is 11.3. The molecule has 3 aromatic heterocycles. The van der Waals surface area contributed by atoms with Crippen molar-refractivity contribution in [2.24, 2.45) is 0 Å². The van der Waals surface area contributed by atoms with Gasteiger partial charge in [0.2, 0.25) is 11.7 Å². The third-order valence-corrected chi connectivity index (χ3v) is 3.56. The number of rotatable bonds is 4. The van der Waals surface area contributed by atoms with Crippen molar-refractivity contribution < 1.29 is 8.94 Å². The van der Waals surface area contributed by atoms with E-state index in [-0.39, 0.29) is 0 Å². The number of aryl methyl sites for hydroxylation is 3. The van der Waals surface area contributed by atoms with E-state index in [1.54, 1.807) is 12.1 Å². The standard InChI is InChI=1S/C13H13BrN4O2/c1-7-9(8(2)17-16-7)3-6-12-15-13(18-20-12)10-4-5-11(14)19-10/h4-5H,3,6H2,1-2H3,(H,16,17). The molecule has 3 aromatic rings. The summed E-state index contributed by atoms with van der Waals surface area (Å²) in [7, 11) is 0. The molecule has 0 amide bonds. The first kappa shape index (κ1) is 13.1. The lowest BCUT2D eigenvalue weighted by Crippen LogP contribution is -1.94. The highest BCUT2D eigenvalue weighted by atomic mass is 79.9. The van der Waals surface area contributed by atoms with Crippen LogP contribution in [0.3, 0.4) is 0 Å². The number of furan rings is 1. The molecule has 104 valence electrons. The predicted octanol–water partition coefficient (Wildman–Crippen LogP) is 3.22. The second-order valence-corrected chi connectivity index (χ2v) is 5.31. The third-order valence-electron chi connectivity index (χ3n) is 3.13. The van der Waals surface area contributed by atoms with E-state index in [1.807, 2.05) is 13.8 Å². The molecule has 20 heavy (non-hydrogen) atoms. The molecule has 0 saturated carbocycles. The Balaban J connectivity index is 1.72. The Hall–Kier alpha value is -1.89. The molecule has 7 heteroatoms. The van der Waals surface area contributed by atoms with Crippen LogP contribution in [0.5, 0.6) is 0 Å². The van der Waals surface area contributed by atoms with Crippen molar-refractivity contribution in [3.63, 3.8) is 0 Å². The molecule has 0 aliphatic rings. The normalized spacial score (nSPS) is 11.2. The van der Waals surface area contributed by atoms with Crippen LogP contribution in [0.4, 0.5) is 0 Å². The van der Waals surface area contributed by atoms with E-state index in [4.69, 9.17) is 8.94 Å². The summed E-state index contributed by atoms with van der Waals surface area (Å²) in [6.07, 6.45) is 1.49. The lowest BCUT2D eigenvalue weighted by Gasteiger charge is -1.97. The molecule has 3 rings (SSSR count). The second kappa shape index (κ2) is 5.24. The third kappa shape index (κ3) is 2.53. The van der Waals surface area contributed by atoms with Crippen molar-refractivity contribution in [2.75, 3.05) is 0 Å². The average Bonchev–Trinajstić information content (AvgIpc) is 3.10. The predicted molar refractivity (Wildman–Crippen MR) is 75.2 cm³/mol.